The molecule has 0 bridgehead atoms. The van der Waals surface area contributed by atoms with E-state index in [-0.39, 0.29) is 11.9 Å². The minimum atomic E-state index is 0.199. The number of anilines is 1. The fraction of sp³-hybridized carbons (Fsp3) is 0.381. The number of benzene rings is 2. The van der Waals surface area contributed by atoms with Crippen molar-refractivity contribution in [2.75, 3.05) is 18.0 Å². The minimum Gasteiger partial charge on any atom is -0.371 e. The fourth-order valence-electron chi connectivity index (χ4n) is 2.82. The summed E-state index contributed by atoms with van der Waals surface area (Å²) in [5.41, 5.74) is 2.35. The van der Waals surface area contributed by atoms with Gasteiger partial charge in [-0.15, -0.1) is 0 Å². The highest BCUT2D eigenvalue weighted by Crippen LogP contribution is 2.15. The molecule has 1 amide bonds. The molecule has 0 saturated carbocycles. The fourth-order valence-corrected chi connectivity index (χ4v) is 2.82. The molecule has 128 valence electrons. The molecule has 0 spiro atoms. The van der Waals surface area contributed by atoms with Crippen LogP contribution >= 0.6 is 0 Å². The van der Waals surface area contributed by atoms with Crippen molar-refractivity contribution in [1.29, 1.82) is 0 Å². The zero-order chi connectivity index (χ0) is 17.4. The molecule has 0 aliphatic carbocycles. The maximum atomic E-state index is 12.7. The Balaban J connectivity index is 1.97. The zero-order valence-electron chi connectivity index (χ0n) is 15.0. The van der Waals surface area contributed by atoms with Gasteiger partial charge in [0, 0.05) is 37.8 Å². The van der Waals surface area contributed by atoms with E-state index in [1.807, 2.05) is 41.3 Å². The molecule has 3 nitrogen and oxygen atoms in total. The van der Waals surface area contributed by atoms with Crippen molar-refractivity contribution in [2.45, 2.75) is 39.8 Å². The molecule has 0 fully saturated rings. The Hall–Kier alpha value is -2.29. The Morgan fingerprint density at radius 2 is 1.54 bits per heavy atom. The van der Waals surface area contributed by atoms with Crippen molar-refractivity contribution in [1.82, 2.24) is 4.90 Å². The topological polar surface area (TPSA) is 23.6 Å². The van der Waals surface area contributed by atoms with Crippen molar-refractivity contribution >= 4 is 11.6 Å². The average molecular weight is 324 g/mol. The van der Waals surface area contributed by atoms with Gasteiger partial charge >= 0.3 is 0 Å². The second-order valence-corrected chi connectivity index (χ2v) is 6.27. The number of carbonyl (C=O) groups is 1. The Kier molecular flexibility index (Phi) is 6.86. The molecule has 0 radical (unpaired) electrons. The van der Waals surface area contributed by atoms with Gasteiger partial charge in [-0.25, -0.2) is 0 Å². The SMILES string of the molecule is CCN(CCC(=O)N(Cc1ccccc1)C(C)C)c1ccccc1. The van der Waals surface area contributed by atoms with Crippen LogP contribution in [-0.2, 0) is 11.3 Å². The summed E-state index contributed by atoms with van der Waals surface area (Å²) in [6.07, 6.45) is 0.535. The molecule has 0 N–H and O–H groups in total. The van der Waals surface area contributed by atoms with Gasteiger partial charge in [0.15, 0.2) is 0 Å². The molecule has 2 aromatic rings. The van der Waals surface area contributed by atoms with Crippen LogP contribution in [0.4, 0.5) is 5.69 Å². The standard InChI is InChI=1S/C21H28N2O/c1-4-22(20-13-9-6-10-14-20)16-15-21(24)23(18(2)3)17-19-11-7-5-8-12-19/h5-14,18H,4,15-17H2,1-3H3. The van der Waals surface area contributed by atoms with Gasteiger partial charge in [0.2, 0.25) is 5.91 Å². The van der Waals surface area contributed by atoms with Gasteiger partial charge in [-0.3, -0.25) is 4.79 Å². The molecule has 0 aliphatic heterocycles. The van der Waals surface area contributed by atoms with E-state index in [2.05, 4.69) is 49.9 Å². The molecule has 24 heavy (non-hydrogen) atoms. The van der Waals surface area contributed by atoms with Gasteiger partial charge in [-0.05, 0) is 38.5 Å². The molecule has 0 aromatic heterocycles. The minimum absolute atomic E-state index is 0.199. The van der Waals surface area contributed by atoms with Gasteiger partial charge in [-0.2, -0.15) is 0 Å². The largest absolute Gasteiger partial charge is 0.371 e. The molecule has 0 heterocycles. The molecule has 0 saturated heterocycles. The van der Waals surface area contributed by atoms with Gasteiger partial charge in [0.25, 0.3) is 0 Å². The summed E-state index contributed by atoms with van der Waals surface area (Å²) in [6.45, 7) is 8.61. The number of nitrogens with zero attached hydrogens (tertiary/aromatic N) is 2. The summed E-state index contributed by atoms with van der Waals surface area (Å²) >= 11 is 0. The summed E-state index contributed by atoms with van der Waals surface area (Å²) in [5.74, 6) is 0.211. The molecule has 2 aromatic carbocycles. The first-order chi connectivity index (χ1) is 11.6. The maximum Gasteiger partial charge on any atom is 0.224 e. The highest BCUT2D eigenvalue weighted by molar-refractivity contribution is 5.77. The average Bonchev–Trinajstić information content (AvgIpc) is 2.61. The third-order valence-corrected chi connectivity index (χ3v) is 4.24. The summed E-state index contributed by atoms with van der Waals surface area (Å²) in [6, 6.07) is 20.7. The summed E-state index contributed by atoms with van der Waals surface area (Å²) in [4.78, 5) is 17.0. The van der Waals surface area contributed by atoms with Crippen LogP contribution in [0.3, 0.4) is 0 Å². The Labute approximate surface area is 145 Å². The number of rotatable bonds is 8. The van der Waals surface area contributed by atoms with Gasteiger partial charge in [0.1, 0.15) is 0 Å². The molecule has 0 unspecified atom stereocenters. The van der Waals surface area contributed by atoms with Crippen molar-refractivity contribution in [3.8, 4) is 0 Å². The Bertz CT molecular complexity index is 610. The van der Waals surface area contributed by atoms with Crippen LogP contribution in [0.2, 0.25) is 0 Å². The van der Waals surface area contributed by atoms with Gasteiger partial charge in [-0.1, -0.05) is 48.5 Å². The van der Waals surface area contributed by atoms with E-state index >= 15 is 0 Å². The monoisotopic (exact) mass is 324 g/mol. The van der Waals surface area contributed by atoms with Gasteiger partial charge in [0.05, 0.1) is 0 Å². The zero-order valence-corrected chi connectivity index (χ0v) is 15.0. The molecular weight excluding hydrogens is 296 g/mol. The summed E-state index contributed by atoms with van der Waals surface area (Å²) < 4.78 is 0. The van der Waals surface area contributed by atoms with E-state index in [1.54, 1.807) is 0 Å². The van der Waals surface area contributed by atoms with E-state index in [4.69, 9.17) is 0 Å². The first-order valence-electron chi connectivity index (χ1n) is 8.75. The number of hydrogen-bond acceptors (Lipinski definition) is 2. The first-order valence-corrected chi connectivity index (χ1v) is 8.75. The van der Waals surface area contributed by atoms with E-state index in [0.29, 0.717) is 13.0 Å². The third-order valence-electron chi connectivity index (χ3n) is 4.24. The number of carbonyl (C=O) groups excluding carboxylic acids is 1. The van der Waals surface area contributed by atoms with E-state index < -0.39 is 0 Å². The summed E-state index contributed by atoms with van der Waals surface area (Å²) in [5, 5.41) is 0. The number of para-hydroxylation sites is 1. The smallest absolute Gasteiger partial charge is 0.224 e. The second kappa shape index (κ2) is 9.11. The van der Waals surface area contributed by atoms with Crippen LogP contribution in [0.15, 0.2) is 60.7 Å². The number of hydrogen-bond donors (Lipinski definition) is 0. The lowest BCUT2D eigenvalue weighted by Gasteiger charge is -2.29. The van der Waals surface area contributed by atoms with Crippen LogP contribution in [0, 0.1) is 0 Å². The lowest BCUT2D eigenvalue weighted by atomic mass is 10.1. The molecule has 3 heteroatoms. The van der Waals surface area contributed by atoms with Crippen molar-refractivity contribution < 1.29 is 4.79 Å². The molecular formula is C21H28N2O. The van der Waals surface area contributed by atoms with Crippen LogP contribution in [0.5, 0.6) is 0 Å². The van der Waals surface area contributed by atoms with E-state index in [1.165, 1.54) is 11.3 Å². The van der Waals surface area contributed by atoms with Crippen LogP contribution in [0.25, 0.3) is 0 Å². The molecule has 2 rings (SSSR count). The predicted molar refractivity (Wildman–Crippen MR) is 101 cm³/mol. The Morgan fingerprint density at radius 3 is 2.08 bits per heavy atom. The quantitative estimate of drug-likeness (QED) is 0.721. The normalized spacial score (nSPS) is 10.7. The lowest BCUT2D eigenvalue weighted by molar-refractivity contribution is -0.133. The molecule has 0 aliphatic rings. The van der Waals surface area contributed by atoms with Crippen molar-refractivity contribution in [2.24, 2.45) is 0 Å². The first kappa shape index (κ1) is 18.1. The van der Waals surface area contributed by atoms with Crippen LogP contribution in [0.1, 0.15) is 32.8 Å². The highest BCUT2D eigenvalue weighted by atomic mass is 16.2. The van der Waals surface area contributed by atoms with Crippen molar-refractivity contribution in [3.05, 3.63) is 66.2 Å². The summed E-state index contributed by atoms with van der Waals surface area (Å²) in [7, 11) is 0. The van der Waals surface area contributed by atoms with Crippen molar-refractivity contribution in [3.63, 3.8) is 0 Å². The van der Waals surface area contributed by atoms with E-state index in [9.17, 15) is 4.79 Å². The maximum absolute atomic E-state index is 12.7. The van der Waals surface area contributed by atoms with Crippen LogP contribution in [-0.4, -0.2) is 29.9 Å². The predicted octanol–water partition coefficient (Wildman–Crippen LogP) is 4.34. The third kappa shape index (κ3) is 5.12. The lowest BCUT2D eigenvalue weighted by Crippen LogP contribution is -2.38. The highest BCUT2D eigenvalue weighted by Gasteiger charge is 2.18. The Morgan fingerprint density at radius 1 is 0.958 bits per heavy atom. The number of amides is 1. The second-order valence-electron chi connectivity index (χ2n) is 6.27. The van der Waals surface area contributed by atoms with E-state index in [0.717, 1.165) is 13.1 Å². The molecule has 0 atom stereocenters. The van der Waals surface area contributed by atoms with Gasteiger partial charge < -0.3 is 9.80 Å². The van der Waals surface area contributed by atoms with Crippen LogP contribution < -0.4 is 4.90 Å².